The van der Waals surface area contributed by atoms with Crippen LogP contribution in [0.25, 0.3) is 0 Å². The number of hydrogen-bond acceptors (Lipinski definition) is 3. The van der Waals surface area contributed by atoms with Crippen LogP contribution in [0.5, 0.6) is 0 Å². The predicted octanol–water partition coefficient (Wildman–Crippen LogP) is 3.77. The number of piperidine rings is 2. The van der Waals surface area contributed by atoms with Gasteiger partial charge in [0, 0.05) is 5.92 Å². The Morgan fingerprint density at radius 2 is 1.28 bits per heavy atom. The molecule has 5 rings (SSSR count). The van der Waals surface area contributed by atoms with E-state index in [2.05, 4.69) is 0 Å². The Hall–Kier alpha value is -3.53. The number of imide groups is 1. The average molecular weight is 381 g/mol. The van der Waals surface area contributed by atoms with Crippen LogP contribution in [0.2, 0.25) is 0 Å². The van der Waals surface area contributed by atoms with Gasteiger partial charge in [0.25, 0.3) is 0 Å². The fraction of sp³-hybridized carbons (Fsp3) is 0.160. The minimum atomic E-state index is -1.25. The summed E-state index contributed by atoms with van der Waals surface area (Å²) < 4.78 is 0. The van der Waals surface area contributed by atoms with E-state index in [9.17, 15) is 14.4 Å². The van der Waals surface area contributed by atoms with E-state index in [4.69, 9.17) is 0 Å². The van der Waals surface area contributed by atoms with Gasteiger partial charge >= 0.3 is 0 Å². The minimum Gasteiger partial charge on any atom is -0.298 e. The average Bonchev–Trinajstić information content (AvgIpc) is 2.76. The van der Waals surface area contributed by atoms with Gasteiger partial charge in [-0.2, -0.15) is 0 Å². The van der Waals surface area contributed by atoms with Gasteiger partial charge < -0.3 is 0 Å². The maximum atomic E-state index is 13.8. The number of benzene rings is 3. The Balaban J connectivity index is 1.66. The van der Waals surface area contributed by atoms with E-state index in [0.717, 1.165) is 11.1 Å². The Morgan fingerprint density at radius 1 is 0.724 bits per heavy atom. The molecule has 2 fully saturated rings. The molecule has 1 aliphatic carbocycles. The van der Waals surface area contributed by atoms with E-state index in [-0.39, 0.29) is 12.2 Å². The highest BCUT2D eigenvalue weighted by Crippen LogP contribution is 2.60. The molecule has 3 aromatic carbocycles. The molecule has 2 amide bonds. The van der Waals surface area contributed by atoms with E-state index in [1.165, 1.54) is 4.90 Å². The van der Waals surface area contributed by atoms with Crippen molar-refractivity contribution in [3.8, 4) is 0 Å². The molecule has 4 nitrogen and oxygen atoms in total. The Kier molecular flexibility index (Phi) is 3.95. The first kappa shape index (κ1) is 17.6. The lowest BCUT2D eigenvalue weighted by molar-refractivity contribution is -0.169. The fourth-order valence-electron chi connectivity index (χ4n) is 4.85. The first-order valence-electron chi connectivity index (χ1n) is 9.71. The second-order valence-electron chi connectivity index (χ2n) is 7.68. The molecule has 3 aromatic rings. The Bertz CT molecular complexity index is 1090. The topological polar surface area (TPSA) is 54.5 Å². The van der Waals surface area contributed by atoms with Crippen molar-refractivity contribution < 1.29 is 14.4 Å². The van der Waals surface area contributed by atoms with Gasteiger partial charge in [-0.1, -0.05) is 78.9 Å². The molecule has 1 saturated heterocycles. The van der Waals surface area contributed by atoms with Crippen molar-refractivity contribution in [3.63, 3.8) is 0 Å². The number of carbonyl (C=O) groups excluding carboxylic acids is 3. The molecule has 3 atom stereocenters. The van der Waals surface area contributed by atoms with Gasteiger partial charge in [0.2, 0.25) is 11.8 Å². The molecule has 1 unspecified atom stereocenters. The number of ketones is 1. The number of hydrogen-bond donors (Lipinski definition) is 0. The molecule has 142 valence electrons. The van der Waals surface area contributed by atoms with Crippen LogP contribution < -0.4 is 4.90 Å². The van der Waals surface area contributed by atoms with Crippen LogP contribution in [0.15, 0.2) is 91.0 Å². The Labute approximate surface area is 168 Å². The normalized spacial score (nSPS) is 25.7. The second kappa shape index (κ2) is 6.52. The van der Waals surface area contributed by atoms with Gasteiger partial charge in [-0.05, 0) is 29.7 Å². The predicted molar refractivity (Wildman–Crippen MR) is 109 cm³/mol. The lowest BCUT2D eigenvalue weighted by Gasteiger charge is -2.57. The zero-order valence-corrected chi connectivity index (χ0v) is 15.7. The quantitative estimate of drug-likeness (QED) is 0.511. The molecule has 1 heterocycles. The van der Waals surface area contributed by atoms with E-state index in [1.54, 1.807) is 24.3 Å². The van der Waals surface area contributed by atoms with Gasteiger partial charge in [-0.15, -0.1) is 0 Å². The SMILES string of the molecule is O=C1[C@@H]2C(=O)[C@](Cc3ccccc3)(C(=O)N1c1ccccc1)C2c1ccccc1. The van der Waals surface area contributed by atoms with Crippen LogP contribution in [0.4, 0.5) is 5.69 Å². The van der Waals surface area contributed by atoms with E-state index in [1.807, 2.05) is 66.7 Å². The number of fused-ring (bicyclic) bond motifs is 2. The molecule has 4 heteroatoms. The number of rotatable bonds is 4. The highest BCUT2D eigenvalue weighted by molar-refractivity contribution is 6.37. The second-order valence-corrected chi connectivity index (χ2v) is 7.68. The lowest BCUT2D eigenvalue weighted by Crippen LogP contribution is -2.74. The van der Waals surface area contributed by atoms with Crippen molar-refractivity contribution in [1.82, 2.24) is 0 Å². The monoisotopic (exact) mass is 381 g/mol. The fourth-order valence-corrected chi connectivity index (χ4v) is 4.85. The van der Waals surface area contributed by atoms with E-state index >= 15 is 0 Å². The van der Waals surface area contributed by atoms with Crippen LogP contribution in [0.3, 0.4) is 0 Å². The van der Waals surface area contributed by atoms with E-state index in [0.29, 0.717) is 5.69 Å². The van der Waals surface area contributed by atoms with Crippen LogP contribution in [0, 0.1) is 11.3 Å². The summed E-state index contributed by atoms with van der Waals surface area (Å²) >= 11 is 0. The van der Waals surface area contributed by atoms with E-state index < -0.39 is 29.1 Å². The molecule has 0 N–H and O–H groups in total. The smallest absolute Gasteiger partial charge is 0.248 e. The summed E-state index contributed by atoms with van der Waals surface area (Å²) in [5.41, 5.74) is 1.04. The molecule has 29 heavy (non-hydrogen) atoms. The van der Waals surface area contributed by atoms with Crippen LogP contribution >= 0.6 is 0 Å². The van der Waals surface area contributed by atoms with Crippen LogP contribution in [0.1, 0.15) is 17.0 Å². The zero-order valence-electron chi connectivity index (χ0n) is 15.7. The third-order valence-electron chi connectivity index (χ3n) is 6.16. The summed E-state index contributed by atoms with van der Waals surface area (Å²) in [5.74, 6) is -2.35. The van der Waals surface area contributed by atoms with Crippen LogP contribution in [-0.4, -0.2) is 17.6 Å². The summed E-state index contributed by atoms with van der Waals surface area (Å²) in [4.78, 5) is 41.5. The van der Waals surface area contributed by atoms with Crippen molar-refractivity contribution >= 4 is 23.3 Å². The van der Waals surface area contributed by atoms with Gasteiger partial charge in [-0.25, -0.2) is 4.90 Å². The summed E-state index contributed by atoms with van der Waals surface area (Å²) in [6.45, 7) is 0. The Morgan fingerprint density at radius 3 is 1.90 bits per heavy atom. The van der Waals surface area contributed by atoms with Crippen LogP contribution in [-0.2, 0) is 20.8 Å². The molecular formula is C25H19NO3. The van der Waals surface area contributed by atoms with Gasteiger partial charge in [0.05, 0.1) is 5.69 Å². The number of nitrogens with zero attached hydrogens (tertiary/aromatic N) is 1. The highest BCUT2D eigenvalue weighted by Gasteiger charge is 2.74. The summed E-state index contributed by atoms with van der Waals surface area (Å²) in [6.07, 6.45) is 0.290. The molecule has 2 aliphatic rings. The van der Waals surface area contributed by atoms with Crippen molar-refractivity contribution in [2.45, 2.75) is 12.3 Å². The first-order chi connectivity index (χ1) is 14.1. The van der Waals surface area contributed by atoms with Gasteiger partial charge in [0.15, 0.2) is 5.78 Å². The third-order valence-corrected chi connectivity index (χ3v) is 6.16. The van der Waals surface area contributed by atoms with Crippen molar-refractivity contribution in [2.24, 2.45) is 11.3 Å². The molecule has 2 bridgehead atoms. The first-order valence-corrected chi connectivity index (χ1v) is 9.71. The van der Waals surface area contributed by atoms with Crippen molar-refractivity contribution in [3.05, 3.63) is 102 Å². The van der Waals surface area contributed by atoms with Crippen molar-refractivity contribution in [1.29, 1.82) is 0 Å². The number of anilines is 1. The standard InChI is InChI=1S/C25H19NO3/c27-22-20-21(18-12-6-2-7-13-18)25(22,16-17-10-4-1-5-11-17)24(29)26(23(20)28)19-14-8-3-9-15-19/h1-15,20-21H,16H2/t20-,21?,25+/m0/s1. The largest absolute Gasteiger partial charge is 0.298 e. The minimum absolute atomic E-state index is 0.252. The third kappa shape index (κ3) is 2.42. The molecule has 1 saturated carbocycles. The number of Topliss-reactive ketones (excluding diaryl/α,β-unsaturated/α-hetero) is 1. The summed E-state index contributed by atoms with van der Waals surface area (Å²) in [7, 11) is 0. The maximum absolute atomic E-state index is 13.8. The molecule has 0 aromatic heterocycles. The van der Waals surface area contributed by atoms with Gasteiger partial charge in [0.1, 0.15) is 11.3 Å². The molecule has 0 spiro atoms. The lowest BCUT2D eigenvalue weighted by atomic mass is 9.45. The molecular weight excluding hydrogens is 362 g/mol. The number of amides is 2. The molecule has 1 aliphatic heterocycles. The number of para-hydroxylation sites is 1. The van der Waals surface area contributed by atoms with Crippen molar-refractivity contribution in [2.75, 3.05) is 4.90 Å². The summed E-state index contributed by atoms with van der Waals surface area (Å²) in [5, 5.41) is 0. The number of carbonyl (C=O) groups is 3. The highest BCUT2D eigenvalue weighted by atomic mass is 16.2. The van der Waals surface area contributed by atoms with Gasteiger partial charge in [-0.3, -0.25) is 14.4 Å². The summed E-state index contributed by atoms with van der Waals surface area (Å²) in [6, 6.07) is 27.9. The zero-order chi connectivity index (χ0) is 20.0. The molecule has 0 radical (unpaired) electrons. The maximum Gasteiger partial charge on any atom is 0.248 e.